The van der Waals surface area contributed by atoms with Gasteiger partial charge in [-0.1, -0.05) is 55.3 Å². The van der Waals surface area contributed by atoms with Crippen LogP contribution in [0.1, 0.15) is 55.2 Å². The molecule has 0 radical (unpaired) electrons. The first-order valence-corrected chi connectivity index (χ1v) is 11.4. The number of carbonyl (C=O) groups is 1. The topological polar surface area (TPSA) is 32.3 Å². The summed E-state index contributed by atoms with van der Waals surface area (Å²) < 4.78 is 0. The molecule has 2 aliphatic carbocycles. The lowest BCUT2D eigenvalue weighted by atomic mass is 9.52. The first-order valence-electron chi connectivity index (χ1n) is 11.4. The molecule has 1 saturated heterocycles. The van der Waals surface area contributed by atoms with E-state index in [1.807, 2.05) is 30.1 Å². The average molecular weight is 389 g/mol. The second kappa shape index (κ2) is 7.60. The van der Waals surface area contributed by atoms with E-state index in [0.717, 1.165) is 31.0 Å². The largest absolute Gasteiger partial charge is 0.315 e. The van der Waals surface area contributed by atoms with Gasteiger partial charge in [0.2, 0.25) is 5.91 Å². The molecule has 1 heterocycles. The number of carbonyl (C=O) groups excluding carboxylic acids is 1. The minimum atomic E-state index is 0.212. The highest BCUT2D eigenvalue weighted by Gasteiger charge is 2.51. The van der Waals surface area contributed by atoms with E-state index in [4.69, 9.17) is 0 Å². The van der Waals surface area contributed by atoms with Crippen molar-refractivity contribution in [1.29, 1.82) is 0 Å². The first-order chi connectivity index (χ1) is 14.2. The minimum Gasteiger partial charge on any atom is -0.315 e. The highest BCUT2D eigenvalue weighted by Crippen LogP contribution is 2.55. The summed E-state index contributed by atoms with van der Waals surface area (Å²) in [4.78, 5) is 15.0. The highest BCUT2D eigenvalue weighted by molar-refractivity contribution is 5.94. The van der Waals surface area contributed by atoms with Gasteiger partial charge in [-0.25, -0.2) is 0 Å². The van der Waals surface area contributed by atoms with Crippen molar-refractivity contribution in [1.82, 2.24) is 5.32 Å². The summed E-state index contributed by atoms with van der Waals surface area (Å²) in [5.74, 6) is 0.982. The quantitative estimate of drug-likeness (QED) is 0.828. The normalized spacial score (nSPS) is 27.6. The van der Waals surface area contributed by atoms with Crippen LogP contribution in [0.15, 0.2) is 48.5 Å². The lowest BCUT2D eigenvalue weighted by Gasteiger charge is -2.56. The van der Waals surface area contributed by atoms with Gasteiger partial charge in [0, 0.05) is 30.6 Å². The smallest absolute Gasteiger partial charge is 0.227 e. The fourth-order valence-corrected chi connectivity index (χ4v) is 6.46. The summed E-state index contributed by atoms with van der Waals surface area (Å²) >= 11 is 0. The molecule has 1 aliphatic heterocycles. The second-order valence-electron chi connectivity index (χ2n) is 9.26. The van der Waals surface area contributed by atoms with Crippen molar-refractivity contribution in [2.45, 2.75) is 62.8 Å². The van der Waals surface area contributed by atoms with E-state index in [0.29, 0.717) is 17.9 Å². The van der Waals surface area contributed by atoms with E-state index in [1.54, 1.807) is 5.56 Å². The maximum Gasteiger partial charge on any atom is 0.227 e. The number of hydrogen-bond acceptors (Lipinski definition) is 2. The van der Waals surface area contributed by atoms with Crippen LogP contribution >= 0.6 is 0 Å². The van der Waals surface area contributed by atoms with E-state index >= 15 is 0 Å². The van der Waals surface area contributed by atoms with Crippen molar-refractivity contribution in [2.75, 3.05) is 18.5 Å². The summed E-state index contributed by atoms with van der Waals surface area (Å²) in [5.41, 5.74) is 5.69. The number of nitrogens with one attached hydrogen (secondary N) is 1. The summed E-state index contributed by atoms with van der Waals surface area (Å²) in [7, 11) is 1.97. The summed E-state index contributed by atoms with van der Waals surface area (Å²) in [5, 5.41) is 3.82. The van der Waals surface area contributed by atoms with E-state index < -0.39 is 0 Å². The predicted octanol–water partition coefficient (Wildman–Crippen LogP) is 4.63. The molecular weight excluding hydrogens is 356 g/mol. The molecule has 2 fully saturated rings. The van der Waals surface area contributed by atoms with Gasteiger partial charge in [-0.2, -0.15) is 0 Å². The maximum atomic E-state index is 13.0. The predicted molar refractivity (Wildman–Crippen MR) is 118 cm³/mol. The van der Waals surface area contributed by atoms with Crippen molar-refractivity contribution >= 4 is 11.6 Å². The lowest BCUT2D eigenvalue weighted by molar-refractivity contribution is -0.118. The molecule has 29 heavy (non-hydrogen) atoms. The van der Waals surface area contributed by atoms with Crippen molar-refractivity contribution in [3.05, 3.63) is 65.2 Å². The van der Waals surface area contributed by atoms with E-state index in [9.17, 15) is 4.79 Å². The monoisotopic (exact) mass is 388 g/mol. The Morgan fingerprint density at radius 3 is 2.83 bits per heavy atom. The first kappa shape index (κ1) is 18.9. The Balaban J connectivity index is 1.43. The van der Waals surface area contributed by atoms with Gasteiger partial charge < -0.3 is 10.2 Å². The van der Waals surface area contributed by atoms with Crippen LogP contribution in [0.2, 0.25) is 0 Å². The molecule has 1 N–H and O–H groups in total. The standard InChI is InChI=1S/C26H32N2O/c1-28(25(29)14-13-19-8-3-2-4-9-19)24-12-7-11-21-20(24)18-23-22-10-5-6-15-26(21,22)16-17-27-23/h2-4,7-9,11-12,22-23,27H,5-6,10,13-18H2,1H3/t22-,23+,26-/m0/s1. The number of aryl methyl sites for hydroxylation is 1. The van der Waals surface area contributed by atoms with Crippen LogP contribution in [0, 0.1) is 5.92 Å². The van der Waals surface area contributed by atoms with Gasteiger partial charge in [0.15, 0.2) is 0 Å². The summed E-state index contributed by atoms with van der Waals surface area (Å²) in [6, 6.07) is 17.6. The third-order valence-electron chi connectivity index (χ3n) is 7.88. The van der Waals surface area contributed by atoms with Crippen LogP contribution in [-0.4, -0.2) is 25.5 Å². The number of fused-ring (bicyclic) bond motifs is 1. The molecule has 2 aromatic rings. The third kappa shape index (κ3) is 3.20. The average Bonchev–Trinajstić information content (AvgIpc) is 2.77. The molecule has 1 saturated carbocycles. The minimum absolute atomic E-state index is 0.212. The van der Waals surface area contributed by atoms with Crippen LogP contribution in [0.25, 0.3) is 0 Å². The van der Waals surface area contributed by atoms with Crippen molar-refractivity contribution in [3.8, 4) is 0 Å². The number of hydrogen-bond donors (Lipinski definition) is 1. The van der Waals surface area contributed by atoms with Gasteiger partial charge in [-0.3, -0.25) is 4.79 Å². The van der Waals surface area contributed by atoms with Crippen LogP contribution in [0.5, 0.6) is 0 Å². The van der Waals surface area contributed by atoms with Crippen LogP contribution in [0.3, 0.4) is 0 Å². The number of piperidine rings is 1. The second-order valence-corrected chi connectivity index (χ2v) is 9.26. The number of amides is 1. The van der Waals surface area contributed by atoms with Crippen LogP contribution < -0.4 is 10.2 Å². The maximum absolute atomic E-state index is 13.0. The van der Waals surface area contributed by atoms with Gasteiger partial charge in [0.05, 0.1) is 0 Å². The molecule has 3 atom stereocenters. The number of anilines is 1. The zero-order valence-corrected chi connectivity index (χ0v) is 17.5. The molecule has 3 heteroatoms. The van der Waals surface area contributed by atoms with Crippen LogP contribution in [0.4, 0.5) is 5.69 Å². The Morgan fingerprint density at radius 2 is 1.97 bits per heavy atom. The highest BCUT2D eigenvalue weighted by atomic mass is 16.2. The molecule has 2 bridgehead atoms. The zero-order chi connectivity index (χ0) is 19.8. The SMILES string of the molecule is CN(C(=O)CCc1ccccc1)c1cccc2c1C[C@H]1NCC[C@@]23CCCC[C@@H]13. The third-order valence-corrected chi connectivity index (χ3v) is 7.88. The van der Waals surface area contributed by atoms with Gasteiger partial charge in [0.1, 0.15) is 0 Å². The van der Waals surface area contributed by atoms with Crippen molar-refractivity contribution in [3.63, 3.8) is 0 Å². The van der Waals surface area contributed by atoms with Gasteiger partial charge in [-0.05, 0) is 67.3 Å². The molecule has 3 nitrogen and oxygen atoms in total. The molecule has 2 aromatic carbocycles. The van der Waals surface area contributed by atoms with E-state index in [-0.39, 0.29) is 5.91 Å². The molecule has 0 aromatic heterocycles. The van der Waals surface area contributed by atoms with E-state index in [2.05, 4.69) is 35.6 Å². The van der Waals surface area contributed by atoms with Gasteiger partial charge in [-0.15, -0.1) is 0 Å². The molecule has 0 unspecified atom stereocenters. The summed E-state index contributed by atoms with van der Waals surface area (Å²) in [6.45, 7) is 1.14. The van der Waals surface area contributed by atoms with Crippen molar-refractivity contribution in [2.24, 2.45) is 5.92 Å². The fourth-order valence-electron chi connectivity index (χ4n) is 6.46. The van der Waals surface area contributed by atoms with Gasteiger partial charge >= 0.3 is 0 Å². The Labute approximate surface area is 174 Å². The molecule has 3 aliphatic rings. The lowest BCUT2D eigenvalue weighted by Crippen LogP contribution is -2.59. The molecular formula is C26H32N2O. The Morgan fingerprint density at radius 1 is 1.10 bits per heavy atom. The Hall–Kier alpha value is -2.13. The molecule has 0 spiro atoms. The Kier molecular flexibility index (Phi) is 4.95. The molecule has 5 rings (SSSR count). The number of nitrogens with zero attached hydrogens (tertiary/aromatic N) is 1. The van der Waals surface area contributed by atoms with E-state index in [1.165, 1.54) is 43.2 Å². The molecule has 152 valence electrons. The van der Waals surface area contributed by atoms with Crippen molar-refractivity contribution < 1.29 is 4.79 Å². The fraction of sp³-hybridized carbons (Fsp3) is 0.500. The van der Waals surface area contributed by atoms with Crippen LogP contribution in [-0.2, 0) is 23.1 Å². The zero-order valence-electron chi connectivity index (χ0n) is 17.5. The number of rotatable bonds is 4. The Bertz CT molecular complexity index is 889. The number of benzene rings is 2. The van der Waals surface area contributed by atoms with Gasteiger partial charge in [0.25, 0.3) is 0 Å². The molecule has 1 amide bonds. The summed E-state index contributed by atoms with van der Waals surface area (Å²) in [6.07, 6.45) is 9.06.